The maximum absolute atomic E-state index is 13.4. The van der Waals surface area contributed by atoms with E-state index in [0.29, 0.717) is 46.9 Å². The zero-order chi connectivity index (χ0) is 22.2. The van der Waals surface area contributed by atoms with Gasteiger partial charge in [-0.05, 0) is 37.1 Å². The summed E-state index contributed by atoms with van der Waals surface area (Å²) >= 11 is 5.84. The summed E-state index contributed by atoms with van der Waals surface area (Å²) in [6.07, 6.45) is 6.03. The number of aliphatic carboxylic acids is 1. The number of carbonyl (C=O) groups is 1. The molecule has 1 heterocycles. The van der Waals surface area contributed by atoms with Crippen molar-refractivity contribution in [2.75, 3.05) is 17.7 Å². The van der Waals surface area contributed by atoms with Crippen LogP contribution in [-0.4, -0.2) is 27.7 Å². The number of rotatable bonds is 11. The molecule has 4 N–H and O–H groups in total. The van der Waals surface area contributed by atoms with Crippen molar-refractivity contribution < 1.29 is 19.0 Å². The van der Waals surface area contributed by atoms with Crippen molar-refractivity contribution in [3.63, 3.8) is 0 Å². The summed E-state index contributed by atoms with van der Waals surface area (Å²) in [4.78, 5) is 19.0. The summed E-state index contributed by atoms with van der Waals surface area (Å²) in [6.45, 7) is 0.513. The molecule has 0 saturated heterocycles. The van der Waals surface area contributed by atoms with E-state index in [1.807, 2.05) is 0 Å². The van der Waals surface area contributed by atoms with Crippen molar-refractivity contribution >= 4 is 45.7 Å². The van der Waals surface area contributed by atoms with Gasteiger partial charge < -0.3 is 20.9 Å². The molecule has 164 valence electrons. The summed E-state index contributed by atoms with van der Waals surface area (Å²) < 4.78 is 19.2. The largest absolute Gasteiger partial charge is 0.491 e. The Balaban J connectivity index is 1.60. The van der Waals surface area contributed by atoms with E-state index >= 15 is 0 Å². The number of ether oxygens (including phenoxy) is 1. The number of hydrogen-bond acceptors (Lipinski definition) is 6. The van der Waals surface area contributed by atoms with E-state index in [2.05, 4.69) is 15.3 Å². The predicted octanol–water partition coefficient (Wildman–Crippen LogP) is 5.55. The molecule has 0 spiro atoms. The highest BCUT2D eigenvalue weighted by Gasteiger charge is 2.10. The lowest BCUT2D eigenvalue weighted by Gasteiger charge is -2.13. The number of nitrogens with one attached hydrogen (secondary N) is 1. The molecule has 0 radical (unpaired) electrons. The highest BCUT2D eigenvalue weighted by Crippen LogP contribution is 2.32. The number of carboxylic acid groups (broad SMARTS) is 1. The molecule has 31 heavy (non-hydrogen) atoms. The first kappa shape index (κ1) is 22.6. The van der Waals surface area contributed by atoms with E-state index in [-0.39, 0.29) is 11.4 Å². The lowest BCUT2D eigenvalue weighted by Crippen LogP contribution is -2.02. The molecule has 0 aliphatic carbocycles. The maximum Gasteiger partial charge on any atom is 0.303 e. The molecule has 0 bridgehead atoms. The van der Waals surface area contributed by atoms with Crippen molar-refractivity contribution in [1.29, 1.82) is 0 Å². The average Bonchev–Trinajstić information content (AvgIpc) is 2.73. The first-order chi connectivity index (χ1) is 14.9. The lowest BCUT2D eigenvalue weighted by atomic mass is 10.1. The van der Waals surface area contributed by atoms with Crippen LogP contribution in [0.5, 0.6) is 5.75 Å². The highest BCUT2D eigenvalue weighted by atomic mass is 35.5. The molecule has 0 atom stereocenters. The standard InChI is InChI=1S/C22H24ClFN4O3/c23-16-10-14(7-8-17(16)24)28-22-15-11-18(25)20(12-19(15)26-13-27-22)31-9-5-3-1-2-4-6-21(29)30/h7-8,10-13H,1-6,9,25H2,(H,29,30)(H,26,27,28). The Bertz CT molecular complexity index is 1060. The third kappa shape index (κ3) is 6.42. The van der Waals surface area contributed by atoms with E-state index in [9.17, 15) is 9.18 Å². The van der Waals surface area contributed by atoms with Crippen LogP contribution < -0.4 is 15.8 Å². The summed E-state index contributed by atoms with van der Waals surface area (Å²) in [5, 5.41) is 12.5. The van der Waals surface area contributed by atoms with Crippen molar-refractivity contribution in [2.45, 2.75) is 38.5 Å². The second-order valence-corrected chi connectivity index (χ2v) is 7.55. The first-order valence-corrected chi connectivity index (χ1v) is 10.4. The molecular weight excluding hydrogens is 423 g/mol. The number of hydrogen-bond donors (Lipinski definition) is 3. The second kappa shape index (κ2) is 10.8. The van der Waals surface area contributed by atoms with Crippen LogP contribution in [0.15, 0.2) is 36.7 Å². The van der Waals surface area contributed by atoms with E-state index in [1.54, 1.807) is 18.2 Å². The predicted molar refractivity (Wildman–Crippen MR) is 119 cm³/mol. The van der Waals surface area contributed by atoms with Crippen LogP contribution in [0, 0.1) is 5.82 Å². The monoisotopic (exact) mass is 446 g/mol. The molecule has 3 aromatic rings. The van der Waals surface area contributed by atoms with E-state index < -0.39 is 11.8 Å². The topological polar surface area (TPSA) is 110 Å². The Morgan fingerprint density at radius 2 is 1.90 bits per heavy atom. The Kier molecular flexibility index (Phi) is 7.83. The molecule has 7 nitrogen and oxygen atoms in total. The maximum atomic E-state index is 13.4. The average molecular weight is 447 g/mol. The van der Waals surface area contributed by atoms with Gasteiger partial charge >= 0.3 is 5.97 Å². The fourth-order valence-electron chi connectivity index (χ4n) is 3.13. The van der Waals surface area contributed by atoms with Gasteiger partial charge in [0.25, 0.3) is 0 Å². The molecule has 1 aromatic heterocycles. The van der Waals surface area contributed by atoms with Gasteiger partial charge in [0.05, 0.1) is 22.8 Å². The van der Waals surface area contributed by atoms with Crippen LogP contribution in [0.25, 0.3) is 10.9 Å². The molecule has 3 rings (SSSR count). The number of nitrogens with two attached hydrogens (primary N) is 1. The smallest absolute Gasteiger partial charge is 0.303 e. The minimum absolute atomic E-state index is 0.0143. The Hall–Kier alpha value is -3.13. The number of nitrogen functional groups attached to an aromatic ring is 1. The summed E-state index contributed by atoms with van der Waals surface area (Å²) in [7, 11) is 0. The van der Waals surface area contributed by atoms with Crippen LogP contribution in [0.1, 0.15) is 38.5 Å². The Labute approximate surface area is 184 Å². The number of aromatic nitrogens is 2. The summed E-state index contributed by atoms with van der Waals surface area (Å²) in [5.41, 5.74) is 7.88. The SMILES string of the molecule is Nc1cc2c(Nc3ccc(F)c(Cl)c3)ncnc2cc1OCCCCCCCC(=O)O. The van der Waals surface area contributed by atoms with Crippen molar-refractivity contribution in [1.82, 2.24) is 9.97 Å². The molecule has 0 saturated carbocycles. The van der Waals surface area contributed by atoms with Crippen LogP contribution >= 0.6 is 11.6 Å². The molecule has 0 aliphatic heterocycles. The number of anilines is 3. The molecule has 2 aromatic carbocycles. The molecule has 9 heteroatoms. The van der Waals surface area contributed by atoms with Crippen molar-refractivity contribution in [2.24, 2.45) is 0 Å². The zero-order valence-corrected chi connectivity index (χ0v) is 17.7. The Morgan fingerprint density at radius 3 is 2.68 bits per heavy atom. The zero-order valence-electron chi connectivity index (χ0n) is 16.9. The molecule has 0 aliphatic rings. The van der Waals surface area contributed by atoms with Crippen LogP contribution in [0.2, 0.25) is 5.02 Å². The number of benzene rings is 2. The summed E-state index contributed by atoms with van der Waals surface area (Å²) in [5.74, 6) is -0.176. The first-order valence-electron chi connectivity index (χ1n) is 10.0. The number of carboxylic acids is 1. The van der Waals surface area contributed by atoms with E-state index in [0.717, 1.165) is 25.7 Å². The molecule has 0 amide bonds. The van der Waals surface area contributed by atoms with Crippen molar-refractivity contribution in [3.05, 3.63) is 47.5 Å². The highest BCUT2D eigenvalue weighted by molar-refractivity contribution is 6.31. The normalized spacial score (nSPS) is 10.9. The van der Waals surface area contributed by atoms with Gasteiger partial charge in [0.1, 0.15) is 23.7 Å². The minimum Gasteiger partial charge on any atom is -0.491 e. The van der Waals surface area contributed by atoms with Crippen LogP contribution in [-0.2, 0) is 4.79 Å². The van der Waals surface area contributed by atoms with Gasteiger partial charge in [0.2, 0.25) is 0 Å². The van der Waals surface area contributed by atoms with Gasteiger partial charge in [-0.2, -0.15) is 0 Å². The number of fused-ring (bicyclic) bond motifs is 1. The fourth-order valence-corrected chi connectivity index (χ4v) is 3.31. The van der Waals surface area contributed by atoms with Crippen LogP contribution in [0.4, 0.5) is 21.6 Å². The molecule has 0 unspecified atom stereocenters. The van der Waals surface area contributed by atoms with Gasteiger partial charge in [-0.25, -0.2) is 14.4 Å². The van der Waals surface area contributed by atoms with Gasteiger partial charge in [0.15, 0.2) is 0 Å². The van der Waals surface area contributed by atoms with Crippen LogP contribution in [0.3, 0.4) is 0 Å². The quantitative estimate of drug-likeness (QED) is 0.261. The van der Waals surface area contributed by atoms with Gasteiger partial charge in [-0.1, -0.05) is 30.9 Å². The minimum atomic E-state index is -0.751. The van der Waals surface area contributed by atoms with Gasteiger partial charge in [-0.15, -0.1) is 0 Å². The number of halogens is 2. The van der Waals surface area contributed by atoms with E-state index in [1.165, 1.54) is 18.5 Å². The van der Waals surface area contributed by atoms with Crippen molar-refractivity contribution in [3.8, 4) is 5.75 Å². The third-order valence-corrected chi connectivity index (χ3v) is 5.03. The second-order valence-electron chi connectivity index (χ2n) is 7.14. The number of unbranched alkanes of at least 4 members (excludes halogenated alkanes) is 4. The summed E-state index contributed by atoms with van der Waals surface area (Å²) in [6, 6.07) is 7.83. The third-order valence-electron chi connectivity index (χ3n) is 4.74. The lowest BCUT2D eigenvalue weighted by molar-refractivity contribution is -0.137. The van der Waals surface area contributed by atoms with E-state index in [4.69, 9.17) is 27.2 Å². The fraction of sp³-hybridized carbons (Fsp3) is 0.318. The van der Waals surface area contributed by atoms with Gasteiger partial charge in [0, 0.05) is 23.6 Å². The number of nitrogens with zero attached hydrogens (tertiary/aromatic N) is 2. The molecular formula is C22H24ClFN4O3. The van der Waals surface area contributed by atoms with Gasteiger partial charge in [-0.3, -0.25) is 4.79 Å². The molecule has 0 fully saturated rings. The Morgan fingerprint density at radius 1 is 1.13 bits per heavy atom.